The molecule has 1 N–H and O–H groups in total. The van der Waals surface area contributed by atoms with Crippen LogP contribution in [0.25, 0.3) is 6.08 Å². The predicted octanol–water partition coefficient (Wildman–Crippen LogP) is 4.19. The molecular formula is C29H25N3O3S. The lowest BCUT2D eigenvalue weighted by Crippen LogP contribution is -2.40. The number of carbonyl (C=O) groups is 1. The third-order valence-corrected chi connectivity index (χ3v) is 7.05. The number of benzene rings is 3. The molecule has 1 amide bonds. The molecule has 1 aromatic heterocycles. The summed E-state index contributed by atoms with van der Waals surface area (Å²) in [6, 6.07) is 24.1. The molecule has 0 unspecified atom stereocenters. The maximum atomic E-state index is 13.7. The van der Waals surface area contributed by atoms with E-state index in [9.17, 15) is 9.59 Å². The van der Waals surface area contributed by atoms with Gasteiger partial charge in [0.1, 0.15) is 5.75 Å². The lowest BCUT2D eigenvalue weighted by atomic mass is 9.95. The van der Waals surface area contributed by atoms with Crippen LogP contribution in [-0.4, -0.2) is 17.6 Å². The van der Waals surface area contributed by atoms with Gasteiger partial charge in [0.05, 0.1) is 29.0 Å². The zero-order valence-electron chi connectivity index (χ0n) is 20.2. The lowest BCUT2D eigenvalue weighted by Gasteiger charge is -2.25. The number of thiazole rings is 1. The molecule has 1 aliphatic rings. The van der Waals surface area contributed by atoms with Gasteiger partial charge >= 0.3 is 0 Å². The van der Waals surface area contributed by atoms with Gasteiger partial charge in [0.15, 0.2) is 4.80 Å². The Morgan fingerprint density at radius 2 is 1.78 bits per heavy atom. The van der Waals surface area contributed by atoms with Gasteiger partial charge in [0, 0.05) is 5.69 Å². The van der Waals surface area contributed by atoms with E-state index in [0.29, 0.717) is 32.0 Å². The van der Waals surface area contributed by atoms with E-state index in [1.807, 2.05) is 98.8 Å². The molecule has 4 aromatic rings. The van der Waals surface area contributed by atoms with E-state index >= 15 is 0 Å². The summed E-state index contributed by atoms with van der Waals surface area (Å²) >= 11 is 1.33. The third-order valence-electron chi connectivity index (χ3n) is 6.07. The minimum absolute atomic E-state index is 0.182. The van der Waals surface area contributed by atoms with Gasteiger partial charge < -0.3 is 10.1 Å². The molecule has 0 radical (unpaired) electrons. The summed E-state index contributed by atoms with van der Waals surface area (Å²) in [5.74, 6) is 0.401. The van der Waals surface area contributed by atoms with Crippen LogP contribution in [0.3, 0.4) is 0 Å². The predicted molar refractivity (Wildman–Crippen MR) is 143 cm³/mol. The second kappa shape index (κ2) is 9.79. The first-order chi connectivity index (χ1) is 17.4. The van der Waals surface area contributed by atoms with Gasteiger partial charge in [-0.3, -0.25) is 14.2 Å². The minimum atomic E-state index is -0.629. The topological polar surface area (TPSA) is 72.7 Å². The fourth-order valence-electron chi connectivity index (χ4n) is 4.34. The number of hydrogen-bond donors (Lipinski definition) is 1. The molecule has 7 heteroatoms. The second-order valence-corrected chi connectivity index (χ2v) is 9.60. The van der Waals surface area contributed by atoms with Crippen LogP contribution in [-0.2, 0) is 4.79 Å². The van der Waals surface area contributed by atoms with E-state index in [2.05, 4.69) is 5.32 Å². The first-order valence-electron chi connectivity index (χ1n) is 11.5. The van der Waals surface area contributed by atoms with E-state index in [1.165, 1.54) is 11.3 Å². The molecule has 6 nitrogen and oxygen atoms in total. The molecular weight excluding hydrogens is 470 g/mol. The van der Waals surface area contributed by atoms with E-state index in [1.54, 1.807) is 11.7 Å². The van der Waals surface area contributed by atoms with Crippen molar-refractivity contribution >= 4 is 29.0 Å². The van der Waals surface area contributed by atoms with Gasteiger partial charge in [-0.15, -0.1) is 0 Å². The highest BCUT2D eigenvalue weighted by Gasteiger charge is 2.32. The van der Waals surface area contributed by atoms with Crippen LogP contribution in [0.2, 0.25) is 0 Å². The van der Waals surface area contributed by atoms with Gasteiger partial charge in [-0.05, 0) is 55.3 Å². The molecule has 1 aliphatic heterocycles. The van der Waals surface area contributed by atoms with Crippen molar-refractivity contribution < 1.29 is 9.53 Å². The molecule has 3 aromatic carbocycles. The van der Waals surface area contributed by atoms with Crippen molar-refractivity contribution in [1.82, 2.24) is 4.57 Å². The summed E-state index contributed by atoms with van der Waals surface area (Å²) in [6.07, 6.45) is 1.88. The number of para-hydroxylation sites is 1. The molecule has 2 heterocycles. The number of fused-ring (bicyclic) bond motifs is 1. The molecule has 0 spiro atoms. The number of anilines is 1. The average Bonchev–Trinajstić information content (AvgIpc) is 3.18. The Kier molecular flexibility index (Phi) is 6.40. The number of nitrogens with zero attached hydrogens (tertiary/aromatic N) is 2. The van der Waals surface area contributed by atoms with Crippen LogP contribution in [0.1, 0.15) is 29.7 Å². The summed E-state index contributed by atoms with van der Waals surface area (Å²) in [4.78, 5) is 32.6. The van der Waals surface area contributed by atoms with Crippen LogP contribution in [0.5, 0.6) is 5.75 Å². The molecule has 0 aliphatic carbocycles. The average molecular weight is 496 g/mol. The number of amides is 1. The summed E-state index contributed by atoms with van der Waals surface area (Å²) < 4.78 is 7.51. The highest BCUT2D eigenvalue weighted by molar-refractivity contribution is 7.07. The Hall–Kier alpha value is -4.23. The first-order valence-corrected chi connectivity index (χ1v) is 12.4. The monoisotopic (exact) mass is 495 g/mol. The van der Waals surface area contributed by atoms with Crippen molar-refractivity contribution in [3.8, 4) is 5.75 Å². The number of ether oxygens (including phenoxy) is 1. The standard InChI is InChI=1S/C29H25N3O3S/c1-18-8-7-9-20(16-18)17-24-28(34)32-26(21-12-14-23(35-3)15-13-21)25(19(2)30-29(32)36-24)27(33)31-22-10-5-4-6-11-22/h4-17,26H,1-3H3,(H,31,33)/b24-17+/t26-/m0/s1. The maximum absolute atomic E-state index is 13.7. The minimum Gasteiger partial charge on any atom is -0.497 e. The molecule has 36 heavy (non-hydrogen) atoms. The summed E-state index contributed by atoms with van der Waals surface area (Å²) in [5, 5.41) is 2.97. The molecule has 0 bridgehead atoms. The van der Waals surface area contributed by atoms with Gasteiger partial charge in [0.25, 0.3) is 11.5 Å². The van der Waals surface area contributed by atoms with E-state index in [0.717, 1.165) is 16.7 Å². The number of allylic oxidation sites excluding steroid dienone is 1. The van der Waals surface area contributed by atoms with Crippen molar-refractivity contribution in [1.29, 1.82) is 0 Å². The van der Waals surface area contributed by atoms with E-state index in [-0.39, 0.29) is 11.5 Å². The van der Waals surface area contributed by atoms with Crippen molar-refractivity contribution in [2.45, 2.75) is 19.9 Å². The Bertz CT molecular complexity index is 1650. The summed E-state index contributed by atoms with van der Waals surface area (Å²) in [6.45, 7) is 3.83. The third kappa shape index (κ3) is 4.53. The maximum Gasteiger partial charge on any atom is 0.271 e. The number of carbonyl (C=O) groups excluding carboxylic acids is 1. The molecule has 5 rings (SSSR count). The number of methoxy groups -OCH3 is 1. The largest absolute Gasteiger partial charge is 0.497 e. The second-order valence-electron chi connectivity index (χ2n) is 8.59. The zero-order chi connectivity index (χ0) is 25.2. The van der Waals surface area contributed by atoms with E-state index in [4.69, 9.17) is 9.73 Å². The SMILES string of the molecule is COc1ccc([C@H]2C(C(=O)Nc3ccccc3)=C(C)N=c3s/c(=C/c4cccc(C)c4)c(=O)n32)cc1. The van der Waals surface area contributed by atoms with Crippen LogP contribution in [0, 0.1) is 6.92 Å². The Morgan fingerprint density at radius 1 is 1.03 bits per heavy atom. The van der Waals surface area contributed by atoms with Gasteiger partial charge in [-0.1, -0.05) is 71.5 Å². The van der Waals surface area contributed by atoms with Crippen molar-refractivity contribution in [3.63, 3.8) is 0 Å². The fraction of sp³-hybridized carbons (Fsp3) is 0.138. The number of nitrogens with one attached hydrogen (secondary N) is 1. The normalized spacial score (nSPS) is 15.3. The smallest absolute Gasteiger partial charge is 0.271 e. The molecule has 180 valence electrons. The number of aryl methyl sites for hydroxylation is 1. The molecule has 0 saturated heterocycles. The molecule has 0 fully saturated rings. The van der Waals surface area contributed by atoms with Crippen molar-refractivity contribution in [2.75, 3.05) is 12.4 Å². The van der Waals surface area contributed by atoms with Crippen LogP contribution < -0.4 is 24.9 Å². The van der Waals surface area contributed by atoms with Crippen molar-refractivity contribution in [2.24, 2.45) is 4.99 Å². The van der Waals surface area contributed by atoms with Crippen molar-refractivity contribution in [3.05, 3.63) is 127 Å². The Balaban J connectivity index is 1.68. The van der Waals surface area contributed by atoms with Gasteiger partial charge in [0.2, 0.25) is 0 Å². The van der Waals surface area contributed by atoms with Crippen LogP contribution >= 0.6 is 11.3 Å². The fourth-order valence-corrected chi connectivity index (χ4v) is 5.39. The number of aromatic nitrogens is 1. The molecule has 0 saturated carbocycles. The van der Waals surface area contributed by atoms with E-state index < -0.39 is 6.04 Å². The highest BCUT2D eigenvalue weighted by atomic mass is 32.1. The first kappa shape index (κ1) is 23.5. The number of rotatable bonds is 5. The zero-order valence-corrected chi connectivity index (χ0v) is 21.0. The van der Waals surface area contributed by atoms with Gasteiger partial charge in [-0.25, -0.2) is 4.99 Å². The van der Waals surface area contributed by atoms with Crippen LogP contribution in [0.4, 0.5) is 5.69 Å². The number of hydrogen-bond acceptors (Lipinski definition) is 5. The highest BCUT2D eigenvalue weighted by Crippen LogP contribution is 2.31. The Labute approximate surface area is 212 Å². The quantitative estimate of drug-likeness (QED) is 0.451. The summed E-state index contributed by atoms with van der Waals surface area (Å²) in [5.41, 5.74) is 4.35. The summed E-state index contributed by atoms with van der Waals surface area (Å²) in [7, 11) is 1.60. The molecule has 1 atom stereocenters. The Morgan fingerprint density at radius 3 is 2.47 bits per heavy atom. The van der Waals surface area contributed by atoms with Gasteiger partial charge in [-0.2, -0.15) is 0 Å². The lowest BCUT2D eigenvalue weighted by molar-refractivity contribution is -0.113. The van der Waals surface area contributed by atoms with Crippen LogP contribution in [0.15, 0.2) is 99.9 Å².